The van der Waals surface area contributed by atoms with Crippen molar-refractivity contribution < 1.29 is 8.78 Å². The van der Waals surface area contributed by atoms with Gasteiger partial charge in [0.2, 0.25) is 5.95 Å². The van der Waals surface area contributed by atoms with Crippen molar-refractivity contribution in [1.82, 2.24) is 29.1 Å². The van der Waals surface area contributed by atoms with Crippen molar-refractivity contribution in [3.8, 4) is 11.3 Å². The van der Waals surface area contributed by atoms with Gasteiger partial charge < -0.3 is 10.3 Å². The quantitative estimate of drug-likeness (QED) is 0.586. The number of anilines is 1. The van der Waals surface area contributed by atoms with Gasteiger partial charge in [-0.15, -0.1) is 5.10 Å². The number of hydrogen-bond donors (Lipinski definition) is 2. The Bertz CT molecular complexity index is 1160. The molecule has 0 saturated carbocycles. The van der Waals surface area contributed by atoms with Crippen LogP contribution in [0.4, 0.5) is 14.7 Å². The van der Waals surface area contributed by atoms with E-state index in [4.69, 9.17) is 5.73 Å². The highest BCUT2D eigenvalue weighted by atomic mass is 19.3. The third kappa shape index (κ3) is 2.42. The smallest absolute Gasteiger partial charge is 0.277 e. The zero-order valence-electron chi connectivity index (χ0n) is 13.1. The maximum atomic E-state index is 12.8. The van der Waals surface area contributed by atoms with E-state index >= 15 is 0 Å². The second kappa shape index (κ2) is 5.36. The van der Waals surface area contributed by atoms with Crippen LogP contribution in [0.25, 0.3) is 27.9 Å². The number of nitrogens with one attached hydrogen (secondary N) is 1. The van der Waals surface area contributed by atoms with E-state index in [-0.39, 0.29) is 11.5 Å². The molecule has 0 bridgehead atoms. The van der Waals surface area contributed by atoms with Crippen LogP contribution in [0.2, 0.25) is 0 Å². The Kier molecular flexibility index (Phi) is 3.27. The lowest BCUT2D eigenvalue weighted by molar-refractivity contribution is 0.127. The Labute approximate surface area is 138 Å². The lowest BCUT2D eigenvalue weighted by Gasteiger charge is -2.06. The summed E-state index contributed by atoms with van der Waals surface area (Å²) >= 11 is 0. The zero-order valence-corrected chi connectivity index (χ0v) is 13.1. The van der Waals surface area contributed by atoms with Gasteiger partial charge in [-0.1, -0.05) is 0 Å². The second-order valence-electron chi connectivity index (χ2n) is 5.56. The molecule has 0 unspecified atom stereocenters. The molecule has 0 fully saturated rings. The minimum atomic E-state index is -2.52. The van der Waals surface area contributed by atoms with Crippen molar-refractivity contribution in [2.24, 2.45) is 0 Å². The third-order valence-corrected chi connectivity index (χ3v) is 3.92. The Hall–Kier alpha value is -3.30. The first-order valence-electron chi connectivity index (χ1n) is 7.43. The number of rotatable bonds is 3. The van der Waals surface area contributed by atoms with Gasteiger partial charge in [-0.25, -0.2) is 23.3 Å². The zero-order chi connectivity index (χ0) is 17.7. The normalized spacial score (nSPS) is 11.8. The van der Waals surface area contributed by atoms with Gasteiger partial charge in [0, 0.05) is 11.8 Å². The summed E-state index contributed by atoms with van der Waals surface area (Å²) in [4.78, 5) is 23.3. The highest BCUT2D eigenvalue weighted by Crippen LogP contribution is 2.25. The molecule has 4 aromatic rings. The van der Waals surface area contributed by atoms with Gasteiger partial charge in [0.05, 0.1) is 12.2 Å². The number of pyridine rings is 1. The number of aromatic amines is 1. The number of nitrogens with two attached hydrogens (primary N) is 1. The summed E-state index contributed by atoms with van der Waals surface area (Å²) in [6.07, 6.45) is -0.934. The molecule has 0 atom stereocenters. The number of aryl methyl sites for hydroxylation is 1. The summed E-state index contributed by atoms with van der Waals surface area (Å²) in [6, 6.07) is 5.05. The molecular weight excluding hydrogens is 332 g/mol. The largest absolute Gasteiger partial charge is 0.368 e. The summed E-state index contributed by atoms with van der Waals surface area (Å²) in [7, 11) is 0. The highest BCUT2D eigenvalue weighted by Gasteiger charge is 2.16. The number of imidazole rings is 1. The fourth-order valence-electron chi connectivity index (χ4n) is 2.88. The first kappa shape index (κ1) is 15.2. The average Bonchev–Trinajstić information content (AvgIpc) is 3.08. The molecule has 10 heteroatoms. The number of fused-ring (bicyclic) bond motifs is 2. The summed E-state index contributed by atoms with van der Waals surface area (Å²) < 4.78 is 28.4. The maximum Gasteiger partial charge on any atom is 0.277 e. The predicted octanol–water partition coefficient (Wildman–Crippen LogP) is 1.59. The molecule has 25 heavy (non-hydrogen) atoms. The molecule has 0 aromatic carbocycles. The number of nitrogen functional groups attached to an aromatic ring is 1. The molecule has 0 radical (unpaired) electrons. The van der Waals surface area contributed by atoms with Crippen LogP contribution in [0, 0.1) is 6.92 Å². The van der Waals surface area contributed by atoms with Gasteiger partial charge >= 0.3 is 0 Å². The van der Waals surface area contributed by atoms with Gasteiger partial charge in [-0.05, 0) is 25.1 Å². The summed E-state index contributed by atoms with van der Waals surface area (Å²) in [5.74, 6) is 0.447. The Balaban J connectivity index is 1.95. The van der Waals surface area contributed by atoms with E-state index in [0.29, 0.717) is 28.2 Å². The van der Waals surface area contributed by atoms with Crippen LogP contribution in [0.1, 0.15) is 5.82 Å². The first-order chi connectivity index (χ1) is 11.9. The van der Waals surface area contributed by atoms with Gasteiger partial charge in [0.25, 0.3) is 12.0 Å². The van der Waals surface area contributed by atoms with Crippen molar-refractivity contribution in [1.29, 1.82) is 0 Å². The van der Waals surface area contributed by atoms with E-state index in [1.165, 1.54) is 9.08 Å². The molecule has 4 heterocycles. The average molecular weight is 345 g/mol. The van der Waals surface area contributed by atoms with E-state index in [0.717, 1.165) is 0 Å². The second-order valence-corrected chi connectivity index (χ2v) is 5.56. The highest BCUT2D eigenvalue weighted by molar-refractivity contribution is 5.82. The standard InChI is InChI=1S/C15H13F2N7O/c1-7-19-10-3-2-9(20-13(10)23(7)6-11(16)17)8-4-5-24-12(8)14(25)21-15(18)22-24/h2-5,11H,6H2,1H3,(H3,18,21,22,25). The molecule has 0 amide bonds. The molecule has 3 N–H and O–H groups in total. The van der Waals surface area contributed by atoms with Crippen molar-refractivity contribution in [3.63, 3.8) is 0 Å². The van der Waals surface area contributed by atoms with Crippen LogP contribution in [0.3, 0.4) is 0 Å². The minimum Gasteiger partial charge on any atom is -0.368 e. The van der Waals surface area contributed by atoms with Crippen molar-refractivity contribution in [2.45, 2.75) is 19.9 Å². The topological polar surface area (TPSA) is 107 Å². The van der Waals surface area contributed by atoms with Crippen LogP contribution in [-0.4, -0.2) is 35.6 Å². The van der Waals surface area contributed by atoms with E-state index in [2.05, 4.69) is 20.1 Å². The molecule has 0 aliphatic heterocycles. The lowest BCUT2D eigenvalue weighted by Crippen LogP contribution is -2.15. The number of halogens is 2. The third-order valence-electron chi connectivity index (χ3n) is 3.92. The fourth-order valence-corrected chi connectivity index (χ4v) is 2.88. The first-order valence-corrected chi connectivity index (χ1v) is 7.43. The molecule has 0 aliphatic carbocycles. The number of nitrogens with zero attached hydrogens (tertiary/aromatic N) is 5. The van der Waals surface area contributed by atoms with E-state index in [1.807, 2.05) is 0 Å². The lowest BCUT2D eigenvalue weighted by atomic mass is 10.2. The molecule has 128 valence electrons. The van der Waals surface area contributed by atoms with Crippen molar-refractivity contribution in [3.05, 3.63) is 40.6 Å². The molecule has 0 saturated heterocycles. The van der Waals surface area contributed by atoms with Gasteiger partial charge in [-0.3, -0.25) is 9.78 Å². The molecule has 8 nitrogen and oxygen atoms in total. The summed E-state index contributed by atoms with van der Waals surface area (Å²) in [5, 5.41) is 4.00. The van der Waals surface area contributed by atoms with Gasteiger partial charge in [0.15, 0.2) is 5.65 Å². The van der Waals surface area contributed by atoms with Crippen LogP contribution in [-0.2, 0) is 6.54 Å². The van der Waals surface area contributed by atoms with E-state index in [9.17, 15) is 13.6 Å². The SMILES string of the molecule is Cc1nc2ccc(-c3ccn4nc(N)[nH]c(=O)c34)nc2n1CC(F)F. The molecule has 4 aromatic heterocycles. The van der Waals surface area contributed by atoms with Gasteiger partial charge in [0.1, 0.15) is 16.9 Å². The van der Waals surface area contributed by atoms with Crippen LogP contribution < -0.4 is 11.3 Å². The maximum absolute atomic E-state index is 12.8. The number of aromatic nitrogens is 6. The number of alkyl halides is 2. The monoisotopic (exact) mass is 345 g/mol. The molecule has 0 spiro atoms. The van der Waals surface area contributed by atoms with Crippen LogP contribution in [0.5, 0.6) is 0 Å². The summed E-state index contributed by atoms with van der Waals surface area (Å²) in [5.41, 5.74) is 7.24. The van der Waals surface area contributed by atoms with Crippen molar-refractivity contribution in [2.75, 3.05) is 5.73 Å². The minimum absolute atomic E-state index is 0.00584. The Morgan fingerprint density at radius 2 is 2.08 bits per heavy atom. The predicted molar refractivity (Wildman–Crippen MR) is 87.5 cm³/mol. The number of H-pyrrole nitrogens is 1. The molecule has 0 aliphatic rings. The van der Waals surface area contributed by atoms with Crippen LogP contribution in [0.15, 0.2) is 29.2 Å². The Morgan fingerprint density at radius 1 is 1.28 bits per heavy atom. The van der Waals surface area contributed by atoms with E-state index in [1.54, 1.807) is 31.3 Å². The Morgan fingerprint density at radius 3 is 2.84 bits per heavy atom. The molecule has 4 rings (SSSR count). The van der Waals surface area contributed by atoms with E-state index < -0.39 is 18.5 Å². The van der Waals surface area contributed by atoms with Crippen molar-refractivity contribution >= 4 is 22.6 Å². The summed E-state index contributed by atoms with van der Waals surface area (Å²) in [6.45, 7) is 1.16. The number of hydrogen-bond acceptors (Lipinski definition) is 5. The molecular formula is C15H13F2N7O. The van der Waals surface area contributed by atoms with Crippen LogP contribution >= 0.6 is 0 Å². The fraction of sp³-hybridized carbons (Fsp3) is 0.200. The van der Waals surface area contributed by atoms with Gasteiger partial charge in [-0.2, -0.15) is 0 Å².